The molecule has 1 fully saturated rings. The van der Waals surface area contributed by atoms with E-state index in [1.165, 1.54) is 4.90 Å². The molecular formula is C15H14ClN3O3. The Balaban J connectivity index is 1.77. The van der Waals surface area contributed by atoms with Crippen molar-refractivity contribution in [3.63, 3.8) is 0 Å². The summed E-state index contributed by atoms with van der Waals surface area (Å²) in [6, 6.07) is 8.77. The number of benzene rings is 1. The molecular weight excluding hydrogens is 306 g/mol. The summed E-state index contributed by atoms with van der Waals surface area (Å²) < 4.78 is 1.57. The molecule has 2 aromatic rings. The van der Waals surface area contributed by atoms with E-state index in [0.29, 0.717) is 23.7 Å². The molecule has 1 saturated heterocycles. The van der Waals surface area contributed by atoms with Gasteiger partial charge in [-0.25, -0.2) is 4.68 Å². The third-order valence-corrected chi connectivity index (χ3v) is 3.94. The standard InChI is InChI=1S/C15H14ClN3O3/c16-11-2-1-3-12(8-11)19-7-5-13(17-19)14(20)18-6-4-10(9-18)15(21)22/h1-3,5,7-8,10H,4,6,9H2,(H,21,22). The van der Waals surface area contributed by atoms with Crippen LogP contribution >= 0.6 is 11.6 Å². The van der Waals surface area contributed by atoms with Gasteiger partial charge in [-0.15, -0.1) is 0 Å². The van der Waals surface area contributed by atoms with Gasteiger partial charge in [-0.1, -0.05) is 17.7 Å². The van der Waals surface area contributed by atoms with E-state index in [-0.39, 0.29) is 12.5 Å². The first-order valence-corrected chi connectivity index (χ1v) is 7.26. The van der Waals surface area contributed by atoms with Crippen molar-refractivity contribution in [2.45, 2.75) is 6.42 Å². The Labute approximate surface area is 131 Å². The van der Waals surface area contributed by atoms with Crippen molar-refractivity contribution in [3.8, 4) is 5.69 Å². The smallest absolute Gasteiger partial charge is 0.308 e. The molecule has 0 spiro atoms. The molecule has 22 heavy (non-hydrogen) atoms. The van der Waals surface area contributed by atoms with Gasteiger partial charge in [0.2, 0.25) is 0 Å². The summed E-state index contributed by atoms with van der Waals surface area (Å²) in [5.41, 5.74) is 1.06. The van der Waals surface area contributed by atoms with Gasteiger partial charge in [-0.3, -0.25) is 9.59 Å². The summed E-state index contributed by atoms with van der Waals surface area (Å²) in [5, 5.41) is 13.8. The van der Waals surface area contributed by atoms with Crippen LogP contribution in [0.5, 0.6) is 0 Å². The van der Waals surface area contributed by atoms with Gasteiger partial charge in [-0.05, 0) is 30.7 Å². The highest BCUT2D eigenvalue weighted by Crippen LogP contribution is 2.19. The lowest BCUT2D eigenvalue weighted by atomic mass is 10.1. The van der Waals surface area contributed by atoms with Crippen LogP contribution in [0.2, 0.25) is 5.02 Å². The number of carbonyl (C=O) groups is 2. The van der Waals surface area contributed by atoms with Gasteiger partial charge >= 0.3 is 5.97 Å². The normalized spacial score (nSPS) is 17.7. The first-order chi connectivity index (χ1) is 10.5. The van der Waals surface area contributed by atoms with Crippen LogP contribution in [-0.2, 0) is 4.79 Å². The maximum Gasteiger partial charge on any atom is 0.308 e. The molecule has 1 N–H and O–H groups in total. The van der Waals surface area contributed by atoms with Crippen LogP contribution < -0.4 is 0 Å². The molecule has 0 saturated carbocycles. The average Bonchev–Trinajstić information content (AvgIpc) is 3.16. The van der Waals surface area contributed by atoms with E-state index in [0.717, 1.165) is 5.69 Å². The van der Waals surface area contributed by atoms with Crippen LogP contribution in [0.15, 0.2) is 36.5 Å². The Morgan fingerprint density at radius 2 is 2.14 bits per heavy atom. The third-order valence-electron chi connectivity index (χ3n) is 3.71. The van der Waals surface area contributed by atoms with Gasteiger partial charge in [0, 0.05) is 24.3 Å². The van der Waals surface area contributed by atoms with Crippen molar-refractivity contribution in [1.82, 2.24) is 14.7 Å². The number of carboxylic acid groups (broad SMARTS) is 1. The van der Waals surface area contributed by atoms with Crippen LogP contribution in [0.25, 0.3) is 5.69 Å². The van der Waals surface area contributed by atoms with Gasteiger partial charge in [0.05, 0.1) is 11.6 Å². The monoisotopic (exact) mass is 319 g/mol. The van der Waals surface area contributed by atoms with Crippen molar-refractivity contribution >= 4 is 23.5 Å². The maximum atomic E-state index is 12.4. The van der Waals surface area contributed by atoms with Crippen molar-refractivity contribution in [2.24, 2.45) is 5.92 Å². The summed E-state index contributed by atoms with van der Waals surface area (Å²) in [7, 11) is 0. The number of aliphatic carboxylic acids is 1. The summed E-state index contributed by atoms with van der Waals surface area (Å²) >= 11 is 5.94. The highest BCUT2D eigenvalue weighted by atomic mass is 35.5. The first-order valence-electron chi connectivity index (χ1n) is 6.88. The number of rotatable bonds is 3. The average molecular weight is 320 g/mol. The van der Waals surface area contributed by atoms with Gasteiger partial charge in [0.25, 0.3) is 5.91 Å². The van der Waals surface area contributed by atoms with Gasteiger partial charge < -0.3 is 10.0 Å². The second-order valence-corrected chi connectivity index (χ2v) is 5.64. The summed E-state index contributed by atoms with van der Waals surface area (Å²) in [6.45, 7) is 0.679. The lowest BCUT2D eigenvalue weighted by molar-refractivity contribution is -0.141. The number of amides is 1. The highest BCUT2D eigenvalue weighted by molar-refractivity contribution is 6.30. The van der Waals surface area contributed by atoms with Crippen LogP contribution in [0.1, 0.15) is 16.9 Å². The lowest BCUT2D eigenvalue weighted by Gasteiger charge is -2.13. The largest absolute Gasteiger partial charge is 0.481 e. The fourth-order valence-electron chi connectivity index (χ4n) is 2.51. The molecule has 1 aromatic carbocycles. The van der Waals surface area contributed by atoms with E-state index in [1.807, 2.05) is 6.07 Å². The molecule has 1 amide bonds. The molecule has 7 heteroatoms. The number of likely N-dealkylation sites (tertiary alicyclic amines) is 1. The van der Waals surface area contributed by atoms with E-state index in [9.17, 15) is 9.59 Å². The number of nitrogens with zero attached hydrogens (tertiary/aromatic N) is 3. The minimum absolute atomic E-state index is 0.234. The minimum atomic E-state index is -0.861. The predicted octanol–water partition coefficient (Wildman–Crippen LogP) is 2.07. The molecule has 2 heterocycles. The third kappa shape index (κ3) is 2.82. The molecule has 1 aromatic heterocycles. The topological polar surface area (TPSA) is 75.4 Å². The van der Waals surface area contributed by atoms with Crippen LogP contribution in [0.4, 0.5) is 0 Å². The molecule has 1 unspecified atom stereocenters. The molecule has 1 aliphatic rings. The summed E-state index contributed by atoms with van der Waals surface area (Å²) in [6.07, 6.45) is 2.17. The van der Waals surface area contributed by atoms with Crippen molar-refractivity contribution in [2.75, 3.05) is 13.1 Å². The van der Waals surface area contributed by atoms with Crippen molar-refractivity contribution < 1.29 is 14.7 Å². The number of aromatic nitrogens is 2. The van der Waals surface area contributed by atoms with E-state index >= 15 is 0 Å². The Hall–Kier alpha value is -2.34. The maximum absolute atomic E-state index is 12.4. The molecule has 0 radical (unpaired) electrons. The van der Waals surface area contributed by atoms with Gasteiger partial charge in [0.1, 0.15) is 0 Å². The number of hydrogen-bond acceptors (Lipinski definition) is 3. The second-order valence-electron chi connectivity index (χ2n) is 5.20. The molecule has 1 atom stereocenters. The Bertz CT molecular complexity index is 728. The van der Waals surface area contributed by atoms with E-state index in [2.05, 4.69) is 5.10 Å². The molecule has 114 valence electrons. The Morgan fingerprint density at radius 1 is 1.32 bits per heavy atom. The zero-order valence-corrected chi connectivity index (χ0v) is 12.4. The fraction of sp³-hybridized carbons (Fsp3) is 0.267. The zero-order valence-electron chi connectivity index (χ0n) is 11.6. The summed E-state index contributed by atoms with van der Waals surface area (Å²) in [5.74, 6) is -1.59. The fourth-order valence-corrected chi connectivity index (χ4v) is 2.69. The molecule has 0 aliphatic carbocycles. The van der Waals surface area contributed by atoms with E-state index < -0.39 is 11.9 Å². The lowest BCUT2D eigenvalue weighted by Crippen LogP contribution is -2.30. The number of carboxylic acids is 1. The van der Waals surface area contributed by atoms with Crippen LogP contribution in [0.3, 0.4) is 0 Å². The first kappa shape index (κ1) is 14.6. The van der Waals surface area contributed by atoms with Crippen LogP contribution in [0, 0.1) is 5.92 Å². The van der Waals surface area contributed by atoms with E-state index in [1.54, 1.807) is 35.1 Å². The molecule has 1 aliphatic heterocycles. The number of carbonyl (C=O) groups excluding carboxylic acids is 1. The second kappa shape index (κ2) is 5.81. The van der Waals surface area contributed by atoms with Gasteiger partial charge in [-0.2, -0.15) is 5.10 Å². The van der Waals surface area contributed by atoms with E-state index in [4.69, 9.17) is 16.7 Å². The van der Waals surface area contributed by atoms with Crippen LogP contribution in [-0.4, -0.2) is 44.8 Å². The summed E-state index contributed by atoms with van der Waals surface area (Å²) in [4.78, 5) is 24.8. The zero-order chi connectivity index (χ0) is 15.7. The predicted molar refractivity (Wildman–Crippen MR) is 80.2 cm³/mol. The minimum Gasteiger partial charge on any atom is -0.481 e. The quantitative estimate of drug-likeness (QED) is 0.939. The molecule has 0 bridgehead atoms. The van der Waals surface area contributed by atoms with Crippen molar-refractivity contribution in [3.05, 3.63) is 47.2 Å². The number of hydrogen-bond donors (Lipinski definition) is 1. The van der Waals surface area contributed by atoms with Gasteiger partial charge in [0.15, 0.2) is 5.69 Å². The Kier molecular flexibility index (Phi) is 3.85. The Morgan fingerprint density at radius 3 is 2.82 bits per heavy atom. The number of halogens is 1. The molecule has 3 rings (SSSR count). The van der Waals surface area contributed by atoms with Crippen molar-refractivity contribution in [1.29, 1.82) is 0 Å². The SMILES string of the molecule is O=C(O)C1CCN(C(=O)c2ccn(-c3cccc(Cl)c3)n2)C1. The molecule has 6 nitrogen and oxygen atoms in total. The highest BCUT2D eigenvalue weighted by Gasteiger charge is 2.32.